The molecule has 0 N–H and O–H groups in total. The quantitative estimate of drug-likeness (QED) is 0.391. The van der Waals surface area contributed by atoms with Gasteiger partial charge in [0.25, 0.3) is 0 Å². The van der Waals surface area contributed by atoms with Crippen molar-refractivity contribution in [2.24, 2.45) is 5.92 Å². The van der Waals surface area contributed by atoms with Gasteiger partial charge in [0, 0.05) is 0 Å². The van der Waals surface area contributed by atoms with Crippen molar-refractivity contribution in [1.82, 2.24) is 0 Å². The Balaban J connectivity index is 1.82. The fourth-order valence-corrected chi connectivity index (χ4v) is 2.51. The third-order valence-electron chi connectivity index (χ3n) is 3.44. The van der Waals surface area contributed by atoms with E-state index >= 15 is 0 Å². The highest BCUT2D eigenvalue weighted by Gasteiger charge is 2.13. The van der Waals surface area contributed by atoms with Gasteiger partial charge in [-0.15, -0.1) is 6.58 Å². The predicted molar refractivity (Wildman–Crippen MR) is 64.5 cm³/mol. The molecule has 0 nitrogen and oxygen atoms in total. The number of hydrogen-bond donors (Lipinski definition) is 0. The molecule has 0 unspecified atom stereocenters. The molecule has 0 aromatic heterocycles. The van der Waals surface area contributed by atoms with Gasteiger partial charge in [-0.2, -0.15) is 0 Å². The minimum atomic E-state index is 1.09. The lowest BCUT2D eigenvalue weighted by molar-refractivity contribution is 0.464. The second kappa shape index (κ2) is 7.09. The molecule has 0 bridgehead atoms. The number of rotatable bonds is 7. The second-order valence-electron chi connectivity index (χ2n) is 5.06. The first-order valence-corrected chi connectivity index (χ1v) is 6.43. The molecule has 0 atom stereocenters. The summed E-state index contributed by atoms with van der Waals surface area (Å²) in [5, 5.41) is 0. The van der Waals surface area contributed by atoms with Gasteiger partial charge >= 0.3 is 0 Å². The molecule has 0 aliphatic heterocycles. The van der Waals surface area contributed by atoms with Crippen LogP contribution in [0.1, 0.15) is 71.1 Å². The van der Waals surface area contributed by atoms with Crippen molar-refractivity contribution in [2.45, 2.75) is 71.1 Å². The predicted octanol–water partition coefficient (Wildman–Crippen LogP) is 5.09. The highest BCUT2D eigenvalue weighted by atomic mass is 14.2. The van der Waals surface area contributed by atoms with Crippen molar-refractivity contribution in [3.8, 4) is 0 Å². The molecule has 0 spiro atoms. The molecule has 0 radical (unpaired) electrons. The van der Waals surface area contributed by atoms with Crippen molar-refractivity contribution in [3.05, 3.63) is 12.2 Å². The maximum absolute atomic E-state index is 3.94. The Labute approximate surface area is 89.8 Å². The van der Waals surface area contributed by atoms with E-state index in [9.17, 15) is 0 Å². The van der Waals surface area contributed by atoms with Gasteiger partial charge in [-0.1, -0.05) is 56.9 Å². The van der Waals surface area contributed by atoms with Gasteiger partial charge in [0.15, 0.2) is 0 Å². The zero-order valence-corrected chi connectivity index (χ0v) is 9.86. The Kier molecular flexibility index (Phi) is 5.98. The average molecular weight is 194 g/mol. The smallest absolute Gasteiger partial charge is 0.0326 e. The van der Waals surface area contributed by atoms with Crippen LogP contribution in [0.2, 0.25) is 0 Å². The van der Waals surface area contributed by atoms with Crippen molar-refractivity contribution < 1.29 is 0 Å². The van der Waals surface area contributed by atoms with Crippen molar-refractivity contribution in [2.75, 3.05) is 0 Å². The molecular weight excluding hydrogens is 168 g/mol. The van der Waals surface area contributed by atoms with Gasteiger partial charge in [-0.05, 0) is 25.7 Å². The molecule has 1 aliphatic carbocycles. The van der Waals surface area contributed by atoms with Crippen LogP contribution in [0.25, 0.3) is 0 Å². The largest absolute Gasteiger partial charge is 0.100 e. The van der Waals surface area contributed by atoms with Crippen LogP contribution in [0.4, 0.5) is 0 Å². The Morgan fingerprint density at radius 1 is 1.07 bits per heavy atom. The molecule has 14 heavy (non-hydrogen) atoms. The lowest BCUT2D eigenvalue weighted by atomic mass is 9.99. The van der Waals surface area contributed by atoms with Crippen LogP contribution in [0.15, 0.2) is 12.2 Å². The molecule has 1 aliphatic rings. The summed E-state index contributed by atoms with van der Waals surface area (Å²) < 4.78 is 0. The lowest BCUT2D eigenvalue weighted by Crippen LogP contribution is -1.92. The summed E-state index contributed by atoms with van der Waals surface area (Å²) in [6.07, 6.45) is 14.5. The third-order valence-corrected chi connectivity index (χ3v) is 3.44. The maximum Gasteiger partial charge on any atom is -0.0326 e. The highest BCUT2D eigenvalue weighted by molar-refractivity contribution is 4.86. The first-order valence-electron chi connectivity index (χ1n) is 6.43. The lowest BCUT2D eigenvalue weighted by Gasteiger charge is -2.07. The summed E-state index contributed by atoms with van der Waals surface area (Å²) >= 11 is 0. The van der Waals surface area contributed by atoms with E-state index in [1.165, 1.54) is 69.8 Å². The van der Waals surface area contributed by atoms with E-state index in [4.69, 9.17) is 0 Å². The van der Waals surface area contributed by atoms with Gasteiger partial charge in [0.1, 0.15) is 0 Å². The summed E-state index contributed by atoms with van der Waals surface area (Å²) in [6, 6.07) is 0. The number of hydrogen-bond acceptors (Lipinski definition) is 0. The molecule has 0 aromatic carbocycles. The summed E-state index contributed by atoms with van der Waals surface area (Å²) in [7, 11) is 0. The van der Waals surface area contributed by atoms with E-state index in [0.717, 1.165) is 5.92 Å². The molecule has 82 valence electrons. The normalized spacial score (nSPS) is 17.5. The summed E-state index contributed by atoms with van der Waals surface area (Å²) in [6.45, 7) is 6.07. The van der Waals surface area contributed by atoms with Gasteiger partial charge in [0.2, 0.25) is 0 Å². The Morgan fingerprint density at radius 3 is 2.36 bits per heavy atom. The van der Waals surface area contributed by atoms with Crippen molar-refractivity contribution in [1.29, 1.82) is 0 Å². The van der Waals surface area contributed by atoms with E-state index in [0.29, 0.717) is 0 Å². The first-order chi connectivity index (χ1) is 6.79. The van der Waals surface area contributed by atoms with Gasteiger partial charge in [-0.3, -0.25) is 0 Å². The molecule has 0 aromatic rings. The molecule has 1 rings (SSSR count). The van der Waals surface area contributed by atoms with Gasteiger partial charge in [-0.25, -0.2) is 0 Å². The molecule has 1 saturated carbocycles. The van der Waals surface area contributed by atoms with Crippen LogP contribution in [-0.2, 0) is 0 Å². The van der Waals surface area contributed by atoms with E-state index in [1.54, 1.807) is 0 Å². The Morgan fingerprint density at radius 2 is 1.71 bits per heavy atom. The fourth-order valence-electron chi connectivity index (χ4n) is 2.51. The van der Waals surface area contributed by atoms with E-state index in [1.807, 2.05) is 0 Å². The van der Waals surface area contributed by atoms with Crippen LogP contribution in [0, 0.1) is 5.92 Å². The topological polar surface area (TPSA) is 0 Å². The van der Waals surface area contributed by atoms with Crippen LogP contribution >= 0.6 is 0 Å². The Bertz CT molecular complexity index is 151. The highest BCUT2D eigenvalue weighted by Crippen LogP contribution is 2.29. The summed E-state index contributed by atoms with van der Waals surface area (Å²) in [4.78, 5) is 0. The van der Waals surface area contributed by atoms with Crippen LogP contribution in [0.5, 0.6) is 0 Å². The minimum Gasteiger partial charge on any atom is -0.100 e. The first kappa shape index (κ1) is 11.8. The molecule has 0 saturated heterocycles. The third kappa shape index (κ3) is 5.47. The van der Waals surface area contributed by atoms with Crippen molar-refractivity contribution >= 4 is 0 Å². The zero-order chi connectivity index (χ0) is 10.2. The van der Waals surface area contributed by atoms with Gasteiger partial charge < -0.3 is 0 Å². The summed E-state index contributed by atoms with van der Waals surface area (Å²) in [5.74, 6) is 1.09. The molecule has 0 heterocycles. The molecular formula is C14H26. The molecule has 0 heteroatoms. The maximum atomic E-state index is 3.94. The zero-order valence-electron chi connectivity index (χ0n) is 9.86. The van der Waals surface area contributed by atoms with Crippen LogP contribution in [-0.4, -0.2) is 0 Å². The van der Waals surface area contributed by atoms with Crippen LogP contribution in [0.3, 0.4) is 0 Å². The monoisotopic (exact) mass is 194 g/mol. The number of allylic oxidation sites excluding steroid dienone is 1. The SMILES string of the molecule is C=C(C)CCCCCCC1CCCC1. The van der Waals surface area contributed by atoms with E-state index < -0.39 is 0 Å². The standard InChI is InChI=1S/C14H26/c1-13(2)9-5-3-4-6-10-14-11-7-8-12-14/h14H,1,3-12H2,2H3. The number of unbranched alkanes of at least 4 members (excludes halogenated alkanes) is 3. The van der Waals surface area contributed by atoms with Crippen molar-refractivity contribution in [3.63, 3.8) is 0 Å². The van der Waals surface area contributed by atoms with Crippen LogP contribution < -0.4 is 0 Å². The molecule has 1 fully saturated rings. The Hall–Kier alpha value is -0.260. The second-order valence-corrected chi connectivity index (χ2v) is 5.06. The van der Waals surface area contributed by atoms with Gasteiger partial charge in [0.05, 0.1) is 0 Å². The van der Waals surface area contributed by atoms with E-state index in [2.05, 4.69) is 13.5 Å². The fraction of sp³-hybridized carbons (Fsp3) is 0.857. The minimum absolute atomic E-state index is 1.09. The molecule has 0 amide bonds. The summed E-state index contributed by atoms with van der Waals surface area (Å²) in [5.41, 5.74) is 1.35. The average Bonchev–Trinajstić information content (AvgIpc) is 2.63. The van der Waals surface area contributed by atoms with E-state index in [-0.39, 0.29) is 0 Å².